The summed E-state index contributed by atoms with van der Waals surface area (Å²) < 4.78 is 5.48. The van der Waals surface area contributed by atoms with Crippen LogP contribution in [0.5, 0.6) is 0 Å². The summed E-state index contributed by atoms with van der Waals surface area (Å²) in [6.07, 6.45) is 2.47. The Morgan fingerprint density at radius 2 is 1.88 bits per heavy atom. The van der Waals surface area contributed by atoms with E-state index in [0.29, 0.717) is 6.42 Å². The molecule has 0 spiro atoms. The molecule has 4 aromatic rings. The number of hydrogen-bond donors (Lipinski definition) is 1. The van der Waals surface area contributed by atoms with Crippen LogP contribution in [0.25, 0.3) is 22.2 Å². The first-order valence-corrected chi connectivity index (χ1v) is 8.33. The second kappa shape index (κ2) is 6.49. The monoisotopic (exact) mass is 329 g/mol. The molecule has 0 saturated carbocycles. The molecular formula is C21H19N3O. The minimum Gasteiger partial charge on any atom is -0.356 e. The summed E-state index contributed by atoms with van der Waals surface area (Å²) in [7, 11) is 0. The molecule has 124 valence electrons. The second-order valence-electron chi connectivity index (χ2n) is 6.25. The largest absolute Gasteiger partial charge is 0.356 e. The lowest BCUT2D eigenvalue weighted by molar-refractivity contribution is 0.459. The zero-order valence-electron chi connectivity index (χ0n) is 14.0. The van der Waals surface area contributed by atoms with Crippen molar-refractivity contribution >= 4 is 11.0 Å². The van der Waals surface area contributed by atoms with E-state index in [1.54, 1.807) is 6.20 Å². The SMILES string of the molecule is Cc1ccc(-c2noc3ccccc23)c([C@@H](N)Cc2ccccn2)c1. The van der Waals surface area contributed by atoms with Gasteiger partial charge in [0.2, 0.25) is 0 Å². The molecule has 0 aliphatic heterocycles. The first-order valence-electron chi connectivity index (χ1n) is 8.33. The molecule has 0 radical (unpaired) electrons. The maximum atomic E-state index is 6.55. The van der Waals surface area contributed by atoms with Gasteiger partial charge in [-0.25, -0.2) is 0 Å². The Balaban J connectivity index is 1.79. The van der Waals surface area contributed by atoms with Gasteiger partial charge >= 0.3 is 0 Å². The fraction of sp³-hybridized carbons (Fsp3) is 0.143. The third-order valence-electron chi connectivity index (χ3n) is 4.39. The number of para-hydroxylation sites is 1. The molecule has 2 heterocycles. The van der Waals surface area contributed by atoms with Crippen LogP contribution in [0.15, 0.2) is 71.4 Å². The zero-order chi connectivity index (χ0) is 17.2. The van der Waals surface area contributed by atoms with Gasteiger partial charge in [0.1, 0.15) is 5.69 Å². The van der Waals surface area contributed by atoms with E-state index in [9.17, 15) is 0 Å². The van der Waals surface area contributed by atoms with E-state index in [1.807, 2.05) is 42.5 Å². The highest BCUT2D eigenvalue weighted by Gasteiger charge is 2.18. The number of nitrogens with zero attached hydrogens (tertiary/aromatic N) is 2. The Morgan fingerprint density at radius 3 is 2.72 bits per heavy atom. The van der Waals surface area contributed by atoms with Crippen molar-refractivity contribution in [1.82, 2.24) is 10.1 Å². The van der Waals surface area contributed by atoms with Gasteiger partial charge < -0.3 is 10.3 Å². The van der Waals surface area contributed by atoms with Crippen LogP contribution in [0, 0.1) is 6.92 Å². The standard InChI is InChI=1S/C21H19N3O/c1-14-9-10-16(21-17-7-2-3-8-20(17)25-24-21)18(12-14)19(22)13-15-6-4-5-11-23-15/h2-12,19H,13,22H2,1H3/t19-/m0/s1. The Labute approximate surface area is 146 Å². The van der Waals surface area contributed by atoms with Crippen molar-refractivity contribution in [3.8, 4) is 11.3 Å². The summed E-state index contributed by atoms with van der Waals surface area (Å²) in [5, 5.41) is 5.30. The molecule has 1 atom stereocenters. The Bertz CT molecular complexity index is 1010. The summed E-state index contributed by atoms with van der Waals surface area (Å²) in [4.78, 5) is 4.39. The Kier molecular flexibility index (Phi) is 4.04. The number of aryl methyl sites for hydroxylation is 1. The minimum atomic E-state index is -0.166. The summed E-state index contributed by atoms with van der Waals surface area (Å²) in [6.45, 7) is 2.07. The lowest BCUT2D eigenvalue weighted by atomic mass is 9.93. The fourth-order valence-electron chi connectivity index (χ4n) is 3.14. The van der Waals surface area contributed by atoms with Gasteiger partial charge in [-0.05, 0) is 36.8 Å². The number of benzene rings is 2. The van der Waals surface area contributed by atoms with Crippen molar-refractivity contribution in [2.75, 3.05) is 0 Å². The molecule has 0 unspecified atom stereocenters. The van der Waals surface area contributed by atoms with E-state index in [1.165, 1.54) is 5.56 Å². The van der Waals surface area contributed by atoms with Gasteiger partial charge in [0, 0.05) is 35.3 Å². The van der Waals surface area contributed by atoms with Crippen molar-refractivity contribution in [1.29, 1.82) is 0 Å². The Hall–Kier alpha value is -2.98. The normalized spacial score (nSPS) is 12.4. The molecule has 0 fully saturated rings. The smallest absolute Gasteiger partial charge is 0.167 e. The highest BCUT2D eigenvalue weighted by Crippen LogP contribution is 2.33. The van der Waals surface area contributed by atoms with E-state index < -0.39 is 0 Å². The predicted molar refractivity (Wildman–Crippen MR) is 99.1 cm³/mol. The maximum Gasteiger partial charge on any atom is 0.167 e. The van der Waals surface area contributed by atoms with Gasteiger partial charge in [0.15, 0.2) is 5.58 Å². The fourth-order valence-corrected chi connectivity index (χ4v) is 3.14. The molecule has 0 bridgehead atoms. The minimum absolute atomic E-state index is 0.166. The van der Waals surface area contributed by atoms with Crippen LogP contribution in [0.3, 0.4) is 0 Å². The van der Waals surface area contributed by atoms with Crippen LogP contribution in [0.4, 0.5) is 0 Å². The lowest BCUT2D eigenvalue weighted by Gasteiger charge is -2.16. The van der Waals surface area contributed by atoms with Crippen molar-refractivity contribution < 1.29 is 4.52 Å². The second-order valence-corrected chi connectivity index (χ2v) is 6.25. The third-order valence-corrected chi connectivity index (χ3v) is 4.39. The van der Waals surface area contributed by atoms with E-state index in [2.05, 4.69) is 35.3 Å². The quantitative estimate of drug-likeness (QED) is 0.601. The summed E-state index contributed by atoms with van der Waals surface area (Å²) in [5.41, 5.74) is 12.4. The molecule has 0 aliphatic carbocycles. The average Bonchev–Trinajstić information content (AvgIpc) is 3.06. The zero-order valence-corrected chi connectivity index (χ0v) is 14.0. The van der Waals surface area contributed by atoms with E-state index in [0.717, 1.165) is 33.5 Å². The van der Waals surface area contributed by atoms with Gasteiger partial charge in [0.25, 0.3) is 0 Å². The molecule has 2 aromatic carbocycles. The Morgan fingerprint density at radius 1 is 1.04 bits per heavy atom. The van der Waals surface area contributed by atoms with Crippen molar-refractivity contribution in [2.45, 2.75) is 19.4 Å². The maximum absolute atomic E-state index is 6.55. The number of fused-ring (bicyclic) bond motifs is 1. The first kappa shape index (κ1) is 15.5. The van der Waals surface area contributed by atoms with Crippen molar-refractivity contribution in [2.24, 2.45) is 5.73 Å². The number of aromatic nitrogens is 2. The summed E-state index contributed by atoms with van der Waals surface area (Å²) in [5.74, 6) is 0. The molecule has 0 saturated heterocycles. The number of pyridine rings is 1. The van der Waals surface area contributed by atoms with Crippen LogP contribution < -0.4 is 5.73 Å². The van der Waals surface area contributed by atoms with E-state index in [4.69, 9.17) is 10.3 Å². The van der Waals surface area contributed by atoms with Crippen LogP contribution in [0.2, 0.25) is 0 Å². The van der Waals surface area contributed by atoms with Gasteiger partial charge in [-0.15, -0.1) is 0 Å². The van der Waals surface area contributed by atoms with Gasteiger partial charge in [-0.1, -0.05) is 47.1 Å². The highest BCUT2D eigenvalue weighted by atomic mass is 16.5. The van der Waals surface area contributed by atoms with Gasteiger partial charge in [-0.2, -0.15) is 0 Å². The van der Waals surface area contributed by atoms with E-state index in [-0.39, 0.29) is 6.04 Å². The van der Waals surface area contributed by atoms with Gasteiger partial charge in [-0.3, -0.25) is 4.98 Å². The van der Waals surface area contributed by atoms with Gasteiger partial charge in [0.05, 0.1) is 0 Å². The molecule has 0 aliphatic rings. The summed E-state index contributed by atoms with van der Waals surface area (Å²) in [6, 6.07) is 19.9. The molecule has 4 rings (SSSR count). The van der Waals surface area contributed by atoms with Crippen molar-refractivity contribution in [3.05, 3.63) is 83.7 Å². The van der Waals surface area contributed by atoms with Crippen LogP contribution in [-0.4, -0.2) is 10.1 Å². The number of rotatable bonds is 4. The van der Waals surface area contributed by atoms with Crippen LogP contribution >= 0.6 is 0 Å². The van der Waals surface area contributed by atoms with Crippen LogP contribution in [-0.2, 0) is 6.42 Å². The molecule has 2 aromatic heterocycles. The molecular weight excluding hydrogens is 310 g/mol. The summed E-state index contributed by atoms with van der Waals surface area (Å²) >= 11 is 0. The lowest BCUT2D eigenvalue weighted by Crippen LogP contribution is -2.15. The molecule has 25 heavy (non-hydrogen) atoms. The molecule has 2 N–H and O–H groups in total. The third kappa shape index (κ3) is 3.04. The van der Waals surface area contributed by atoms with Crippen molar-refractivity contribution in [3.63, 3.8) is 0 Å². The predicted octanol–water partition coefficient (Wildman–Crippen LogP) is 4.44. The topological polar surface area (TPSA) is 64.9 Å². The first-order chi connectivity index (χ1) is 12.2. The number of nitrogens with two attached hydrogens (primary N) is 1. The number of hydrogen-bond acceptors (Lipinski definition) is 4. The molecule has 4 nitrogen and oxygen atoms in total. The highest BCUT2D eigenvalue weighted by molar-refractivity contribution is 5.92. The molecule has 0 amide bonds. The van der Waals surface area contributed by atoms with Crippen LogP contribution in [0.1, 0.15) is 22.9 Å². The molecule has 4 heteroatoms. The average molecular weight is 329 g/mol. The van der Waals surface area contributed by atoms with E-state index >= 15 is 0 Å².